The third kappa shape index (κ3) is 7.87. The van der Waals surface area contributed by atoms with Crippen molar-refractivity contribution in [2.75, 3.05) is 23.8 Å². The smallest absolute Gasteiger partial charge is 0.303 e. The molecule has 0 unspecified atom stereocenters. The van der Waals surface area contributed by atoms with Crippen LogP contribution in [0, 0.1) is 35.5 Å². The molecule has 3 saturated carbocycles. The van der Waals surface area contributed by atoms with E-state index in [1.165, 1.54) is 11.3 Å². The summed E-state index contributed by atoms with van der Waals surface area (Å²) in [5.74, 6) is -3.33. The van der Waals surface area contributed by atoms with Crippen LogP contribution >= 0.6 is 27.3 Å². The van der Waals surface area contributed by atoms with Crippen LogP contribution in [0.25, 0.3) is 0 Å². The standard InChI is InChI=1S/C43H50BrN3O11S/c1-22-14-27(15-23-4-7-25(8-5-23)46-39(56)30(10-11-36(54)55)47-35(53)20-45-34(52)19-44)59-38(22)40-57-33-17-29-28-9-6-24-16-26(49)12-13-41(24,2)37(28)31(50)18-42(29,3)43(33,58-40)32(51)21-48/h4-5,7-8,12-14,16,28-31,33,37,40,48,50H,6,9-11,15,17-21H2,1-3H3,(H,45,52)(H,46,56)(H,47,53)(H,54,55)/t28-,29-,30-,31-,33+,37+,40+,41-,42-,43+/m0/s1. The molecule has 2 heterocycles. The van der Waals surface area contributed by atoms with Crippen molar-refractivity contribution in [1.29, 1.82) is 0 Å². The second kappa shape index (κ2) is 16.8. The van der Waals surface area contributed by atoms with Gasteiger partial charge in [0.2, 0.25) is 17.7 Å². The number of alkyl halides is 1. The molecule has 59 heavy (non-hydrogen) atoms. The van der Waals surface area contributed by atoms with Crippen LogP contribution in [0.5, 0.6) is 0 Å². The molecule has 0 bridgehead atoms. The van der Waals surface area contributed by atoms with Crippen LogP contribution in [0.2, 0.25) is 0 Å². The number of benzene rings is 1. The summed E-state index contributed by atoms with van der Waals surface area (Å²) in [6.07, 6.45) is 5.42. The number of anilines is 1. The SMILES string of the molecule is Cc1cc(Cc2ccc(NC(=O)[C@H](CCC(=O)O)NC(=O)CNC(=O)CBr)cc2)sc1[C@@H]1O[C@@H]2C[C@H]3[C@@H]4CCC5=CC(=O)C=C[C@]5(C)[C@H]4[C@@H](O)C[C@]3(C)[C@]2(C(=O)CO)O1. The number of rotatable bonds is 14. The number of hydrogen-bond donors (Lipinski definition) is 6. The molecule has 316 valence electrons. The number of amides is 3. The number of aliphatic hydroxyl groups is 2. The zero-order valence-electron chi connectivity index (χ0n) is 33.1. The van der Waals surface area contributed by atoms with Gasteiger partial charge >= 0.3 is 5.97 Å². The normalized spacial score (nSPS) is 32.2. The molecular weight excluding hydrogens is 846 g/mol. The summed E-state index contributed by atoms with van der Waals surface area (Å²) in [5, 5.41) is 39.1. The highest BCUT2D eigenvalue weighted by Crippen LogP contribution is 2.70. The van der Waals surface area contributed by atoms with Gasteiger partial charge in [-0.25, -0.2) is 0 Å². The average Bonchev–Trinajstić information content (AvgIpc) is 3.84. The van der Waals surface area contributed by atoms with Crippen LogP contribution in [0.4, 0.5) is 5.69 Å². The second-order valence-corrected chi connectivity index (χ2v) is 18.7. The molecule has 10 atom stereocenters. The van der Waals surface area contributed by atoms with Crippen molar-refractivity contribution < 1.29 is 53.6 Å². The van der Waals surface area contributed by atoms with E-state index in [1.807, 2.05) is 38.1 Å². The fourth-order valence-corrected chi connectivity index (χ4v) is 12.2. The number of thiophene rings is 1. The summed E-state index contributed by atoms with van der Waals surface area (Å²) in [6.45, 7) is 5.00. The van der Waals surface area contributed by atoms with Gasteiger partial charge in [-0.05, 0) is 92.3 Å². The number of fused-ring (bicyclic) bond motifs is 7. The molecule has 4 aliphatic carbocycles. The number of nitrogens with one attached hydrogen (secondary N) is 3. The Morgan fingerprint density at radius 1 is 1.10 bits per heavy atom. The maximum atomic E-state index is 14.0. The summed E-state index contributed by atoms with van der Waals surface area (Å²) >= 11 is 4.50. The monoisotopic (exact) mass is 895 g/mol. The molecule has 7 rings (SSSR count). The minimum Gasteiger partial charge on any atom is -0.481 e. The summed E-state index contributed by atoms with van der Waals surface area (Å²) < 4.78 is 13.5. The Labute approximate surface area is 354 Å². The van der Waals surface area contributed by atoms with Gasteiger partial charge < -0.3 is 40.7 Å². The topological polar surface area (TPSA) is 218 Å². The van der Waals surface area contributed by atoms with Gasteiger partial charge in [0.25, 0.3) is 0 Å². The number of allylic oxidation sites excluding steroid dienone is 4. The average molecular weight is 897 g/mol. The van der Waals surface area contributed by atoms with Crippen molar-refractivity contribution in [2.45, 2.75) is 95.9 Å². The van der Waals surface area contributed by atoms with E-state index >= 15 is 0 Å². The van der Waals surface area contributed by atoms with E-state index in [0.717, 1.165) is 39.3 Å². The first-order valence-electron chi connectivity index (χ1n) is 20.0. The van der Waals surface area contributed by atoms with Gasteiger partial charge in [-0.1, -0.05) is 53.6 Å². The van der Waals surface area contributed by atoms with Crippen LogP contribution < -0.4 is 16.0 Å². The Balaban J connectivity index is 1.03. The third-order valence-electron chi connectivity index (χ3n) is 13.5. The number of aryl methyl sites for hydroxylation is 1. The molecule has 1 aromatic heterocycles. The highest BCUT2D eigenvalue weighted by atomic mass is 79.9. The molecule has 5 aliphatic rings. The maximum absolute atomic E-state index is 14.0. The molecule has 6 N–H and O–H groups in total. The highest BCUT2D eigenvalue weighted by Gasteiger charge is 2.76. The number of aliphatic hydroxyl groups excluding tert-OH is 2. The number of carboxylic acids is 1. The van der Waals surface area contributed by atoms with Crippen molar-refractivity contribution in [2.24, 2.45) is 28.6 Å². The quantitative estimate of drug-likeness (QED) is 0.149. The predicted molar refractivity (Wildman–Crippen MR) is 219 cm³/mol. The largest absolute Gasteiger partial charge is 0.481 e. The van der Waals surface area contributed by atoms with E-state index in [9.17, 15) is 39.0 Å². The van der Waals surface area contributed by atoms with Crippen molar-refractivity contribution in [3.05, 3.63) is 75.0 Å². The van der Waals surface area contributed by atoms with E-state index in [-0.39, 0.29) is 48.3 Å². The zero-order valence-corrected chi connectivity index (χ0v) is 35.5. The molecule has 3 amide bonds. The van der Waals surface area contributed by atoms with Crippen LogP contribution in [0.3, 0.4) is 0 Å². The van der Waals surface area contributed by atoms with E-state index in [4.69, 9.17) is 14.6 Å². The number of carboxylic acid groups (broad SMARTS) is 1. The molecule has 2 aromatic rings. The van der Waals surface area contributed by atoms with Crippen molar-refractivity contribution in [3.8, 4) is 0 Å². The maximum Gasteiger partial charge on any atom is 0.303 e. The summed E-state index contributed by atoms with van der Waals surface area (Å²) in [4.78, 5) is 76.3. The van der Waals surface area contributed by atoms with Crippen LogP contribution in [0.1, 0.15) is 79.5 Å². The Hall–Kier alpha value is -4.06. The first kappa shape index (κ1) is 43.0. The minimum atomic E-state index is -1.45. The fraction of sp³-hybridized carbons (Fsp3) is 0.535. The lowest BCUT2D eigenvalue weighted by atomic mass is 9.46. The molecule has 0 spiro atoms. The molecule has 0 radical (unpaired) electrons. The molecule has 1 aromatic carbocycles. The Bertz CT molecular complexity index is 2100. The van der Waals surface area contributed by atoms with E-state index in [0.29, 0.717) is 24.9 Å². The summed E-state index contributed by atoms with van der Waals surface area (Å²) in [7, 11) is 0. The molecule has 1 aliphatic heterocycles. The minimum absolute atomic E-state index is 0.00184. The lowest BCUT2D eigenvalue weighted by Crippen LogP contribution is -2.63. The molecule has 1 saturated heterocycles. The molecule has 14 nitrogen and oxygen atoms in total. The number of ketones is 2. The number of Topliss-reactive ketones (excluding diaryl/α,β-unsaturated/α-hetero) is 1. The summed E-state index contributed by atoms with van der Waals surface area (Å²) in [5.41, 5.74) is 0.622. The van der Waals surface area contributed by atoms with Crippen molar-refractivity contribution in [1.82, 2.24) is 10.6 Å². The zero-order chi connectivity index (χ0) is 42.4. The van der Waals surface area contributed by atoms with Gasteiger partial charge in [0.05, 0.1) is 29.0 Å². The van der Waals surface area contributed by atoms with Gasteiger partial charge in [0.1, 0.15) is 12.6 Å². The lowest BCUT2D eigenvalue weighted by Gasteiger charge is -2.59. The number of halogens is 1. The van der Waals surface area contributed by atoms with E-state index < -0.39 is 77.1 Å². The summed E-state index contributed by atoms with van der Waals surface area (Å²) in [6, 6.07) is 8.02. The second-order valence-electron chi connectivity index (χ2n) is 16.9. The van der Waals surface area contributed by atoms with Crippen LogP contribution in [0.15, 0.2) is 54.1 Å². The van der Waals surface area contributed by atoms with Gasteiger partial charge in [-0.2, -0.15) is 0 Å². The molecular formula is C43H50BrN3O11S. The number of carbonyl (C=O) groups is 6. The number of hydrogen-bond acceptors (Lipinski definition) is 11. The lowest BCUT2D eigenvalue weighted by molar-refractivity contribution is -0.200. The predicted octanol–water partition coefficient (Wildman–Crippen LogP) is 4.05. The third-order valence-corrected chi connectivity index (χ3v) is 15.2. The molecule has 4 fully saturated rings. The first-order valence-corrected chi connectivity index (χ1v) is 21.9. The number of aliphatic carboxylic acids is 1. The van der Waals surface area contributed by atoms with E-state index in [1.54, 1.807) is 24.3 Å². The van der Waals surface area contributed by atoms with Crippen molar-refractivity contribution in [3.63, 3.8) is 0 Å². The van der Waals surface area contributed by atoms with Crippen LogP contribution in [-0.2, 0) is 44.7 Å². The Kier molecular flexibility index (Phi) is 12.2. The number of ether oxygens (including phenoxy) is 2. The van der Waals surface area contributed by atoms with Gasteiger partial charge in [0, 0.05) is 40.2 Å². The van der Waals surface area contributed by atoms with Crippen LogP contribution in [-0.4, -0.2) is 92.9 Å². The molecule has 16 heteroatoms. The first-order chi connectivity index (χ1) is 28.0. The van der Waals surface area contributed by atoms with Gasteiger partial charge in [0.15, 0.2) is 23.5 Å². The number of carbonyl (C=O) groups excluding carboxylic acids is 5. The highest BCUT2D eigenvalue weighted by molar-refractivity contribution is 9.09. The fourth-order valence-electron chi connectivity index (χ4n) is 10.8. The van der Waals surface area contributed by atoms with Crippen molar-refractivity contribution >= 4 is 68.2 Å². The Morgan fingerprint density at radius 2 is 1.85 bits per heavy atom. The van der Waals surface area contributed by atoms with Gasteiger partial charge in [-0.15, -0.1) is 11.3 Å². The van der Waals surface area contributed by atoms with Gasteiger partial charge in [-0.3, -0.25) is 28.8 Å². The Morgan fingerprint density at radius 3 is 2.54 bits per heavy atom. The van der Waals surface area contributed by atoms with E-state index in [2.05, 4.69) is 38.8 Å².